The van der Waals surface area contributed by atoms with Crippen LogP contribution in [0.4, 0.5) is 26.7 Å². The van der Waals surface area contributed by atoms with Gasteiger partial charge in [0.05, 0.1) is 51.0 Å². The van der Waals surface area contributed by atoms with Gasteiger partial charge in [-0.25, -0.2) is 9.59 Å². The number of benzene rings is 5. The SMILES string of the molecule is CC[C@@H](C)N(C[C@@H](O)c1ccc(Cl)c(Cl)c1)C(=O)Nc1ccc(CCNC(=O)c2ccc3c(c2)NCC3)cc1.CC[C@@H](C)N(C[C@@H](O)c1ccc(Cl)c(Cl)c1)C(=O)Nc1ccc(CCNC(=O)c2cccnc2)cc1. The van der Waals surface area contributed by atoms with Gasteiger partial charge in [-0.15, -0.1) is 0 Å². The number of aromatic nitrogens is 1. The molecule has 2 heterocycles. The second-order valence-corrected chi connectivity index (χ2v) is 19.9. The largest absolute Gasteiger partial charge is 0.387 e. The number of fused-ring (bicyclic) bond motifs is 1. The van der Waals surface area contributed by atoms with Crippen LogP contribution in [0.5, 0.6) is 0 Å². The van der Waals surface area contributed by atoms with E-state index in [1.807, 2.05) is 94.4 Å². The van der Waals surface area contributed by atoms with E-state index in [9.17, 15) is 29.4 Å². The quantitative estimate of drug-likeness (QED) is 0.0393. The van der Waals surface area contributed by atoms with Crippen LogP contribution < -0.4 is 26.6 Å². The first-order valence-corrected chi connectivity index (χ1v) is 26.5. The second-order valence-electron chi connectivity index (χ2n) is 18.3. The molecule has 6 amide bonds. The Labute approximate surface area is 459 Å². The first-order chi connectivity index (χ1) is 36.0. The lowest BCUT2D eigenvalue weighted by molar-refractivity contribution is 0.0945. The Hall–Kier alpha value is -6.39. The lowest BCUT2D eigenvalue weighted by Gasteiger charge is -2.31. The number of halogens is 4. The van der Waals surface area contributed by atoms with Gasteiger partial charge in [0, 0.05) is 66.7 Å². The minimum Gasteiger partial charge on any atom is -0.387 e. The number of carbonyl (C=O) groups is 4. The van der Waals surface area contributed by atoms with Gasteiger partial charge in [0.1, 0.15) is 0 Å². The highest BCUT2D eigenvalue weighted by Gasteiger charge is 2.25. The molecule has 1 aliphatic heterocycles. The maximum atomic E-state index is 13.1. The number of nitrogens with zero attached hydrogens (tertiary/aromatic N) is 3. The molecule has 4 atom stereocenters. The van der Waals surface area contributed by atoms with E-state index < -0.39 is 12.2 Å². The van der Waals surface area contributed by atoms with E-state index >= 15 is 0 Å². The molecular formula is C57H64Cl4N8O6. The lowest BCUT2D eigenvalue weighted by Crippen LogP contribution is -2.43. The summed E-state index contributed by atoms with van der Waals surface area (Å²) < 4.78 is 0. The Bertz CT molecular complexity index is 2860. The van der Waals surface area contributed by atoms with Gasteiger partial charge in [-0.1, -0.05) is 103 Å². The van der Waals surface area contributed by atoms with Crippen LogP contribution in [0.3, 0.4) is 0 Å². The Kier molecular flexibility index (Phi) is 22.0. The fourth-order valence-corrected chi connectivity index (χ4v) is 8.68. The average Bonchev–Trinajstić information content (AvgIpc) is 3.90. The molecule has 0 radical (unpaired) electrons. The van der Waals surface area contributed by atoms with Gasteiger partial charge in [0.2, 0.25) is 0 Å². The first kappa shape index (κ1) is 57.9. The molecule has 75 heavy (non-hydrogen) atoms. The molecule has 0 aliphatic carbocycles. The molecule has 0 spiro atoms. The summed E-state index contributed by atoms with van der Waals surface area (Å²) in [7, 11) is 0. The van der Waals surface area contributed by atoms with Gasteiger partial charge in [0.15, 0.2) is 0 Å². The Balaban J connectivity index is 0.000000245. The van der Waals surface area contributed by atoms with Gasteiger partial charge in [-0.2, -0.15) is 0 Å². The summed E-state index contributed by atoms with van der Waals surface area (Å²) in [4.78, 5) is 58.0. The molecule has 7 N–H and O–H groups in total. The topological polar surface area (TPSA) is 188 Å². The van der Waals surface area contributed by atoms with Crippen LogP contribution in [-0.4, -0.2) is 93.7 Å². The van der Waals surface area contributed by atoms with E-state index in [4.69, 9.17) is 46.4 Å². The fraction of sp³-hybridized carbons (Fsp3) is 0.316. The minimum absolute atomic E-state index is 0.0910. The van der Waals surface area contributed by atoms with Crippen LogP contribution in [0.1, 0.15) is 101 Å². The van der Waals surface area contributed by atoms with Crippen molar-refractivity contribution in [2.24, 2.45) is 0 Å². The molecule has 1 aromatic heterocycles. The summed E-state index contributed by atoms with van der Waals surface area (Å²) in [6.45, 7) is 9.96. The molecular weight excluding hydrogens is 1030 g/mol. The molecule has 0 unspecified atom stereocenters. The Morgan fingerprint density at radius 3 is 1.53 bits per heavy atom. The predicted octanol–water partition coefficient (Wildman–Crippen LogP) is 12.0. The maximum Gasteiger partial charge on any atom is 0.322 e. The highest BCUT2D eigenvalue weighted by molar-refractivity contribution is 6.42. The molecule has 0 saturated carbocycles. The summed E-state index contributed by atoms with van der Waals surface area (Å²) >= 11 is 24.1. The third-order valence-corrected chi connectivity index (χ3v) is 14.5. The molecule has 6 aromatic rings. The number of anilines is 3. The third-order valence-electron chi connectivity index (χ3n) is 13.0. The zero-order valence-corrected chi connectivity index (χ0v) is 45.4. The molecule has 0 fully saturated rings. The number of nitrogens with one attached hydrogen (secondary N) is 5. The normalized spacial score (nSPS) is 13.1. The highest BCUT2D eigenvalue weighted by Crippen LogP contribution is 2.29. The van der Waals surface area contributed by atoms with Crippen LogP contribution in [0.2, 0.25) is 20.1 Å². The van der Waals surface area contributed by atoms with Crippen molar-refractivity contribution in [3.8, 4) is 0 Å². The summed E-state index contributed by atoms with van der Waals surface area (Å²) in [6, 6.07) is 33.3. The van der Waals surface area contributed by atoms with Crippen molar-refractivity contribution >= 4 is 87.3 Å². The molecule has 0 bridgehead atoms. The van der Waals surface area contributed by atoms with Crippen molar-refractivity contribution in [3.63, 3.8) is 0 Å². The van der Waals surface area contributed by atoms with Crippen molar-refractivity contribution in [1.29, 1.82) is 0 Å². The van der Waals surface area contributed by atoms with Crippen LogP contribution in [0, 0.1) is 0 Å². The van der Waals surface area contributed by atoms with E-state index in [2.05, 4.69) is 31.6 Å². The second kappa shape index (κ2) is 28.5. The van der Waals surface area contributed by atoms with Gasteiger partial charge in [-0.3, -0.25) is 14.6 Å². The van der Waals surface area contributed by atoms with Crippen molar-refractivity contribution in [1.82, 2.24) is 25.4 Å². The lowest BCUT2D eigenvalue weighted by atomic mass is 10.1. The predicted molar refractivity (Wildman–Crippen MR) is 302 cm³/mol. The van der Waals surface area contributed by atoms with E-state index in [0.717, 1.165) is 42.6 Å². The summed E-state index contributed by atoms with van der Waals surface area (Å²) in [5.74, 6) is -0.260. The van der Waals surface area contributed by atoms with Crippen molar-refractivity contribution < 1.29 is 29.4 Å². The molecule has 1 aliphatic rings. The number of rotatable bonds is 20. The van der Waals surface area contributed by atoms with Gasteiger partial charge >= 0.3 is 12.1 Å². The van der Waals surface area contributed by atoms with E-state index in [0.29, 0.717) is 79.7 Å². The Morgan fingerprint density at radius 1 is 0.613 bits per heavy atom. The van der Waals surface area contributed by atoms with Gasteiger partial charge < -0.3 is 46.6 Å². The molecule has 5 aromatic carbocycles. The fourth-order valence-electron chi connectivity index (χ4n) is 8.06. The van der Waals surface area contributed by atoms with Crippen molar-refractivity contribution in [2.45, 2.75) is 84.1 Å². The number of aliphatic hydroxyl groups excluding tert-OH is 2. The first-order valence-electron chi connectivity index (χ1n) is 25.0. The van der Waals surface area contributed by atoms with Crippen LogP contribution in [0.25, 0.3) is 0 Å². The van der Waals surface area contributed by atoms with Crippen LogP contribution >= 0.6 is 46.4 Å². The van der Waals surface area contributed by atoms with Crippen molar-refractivity contribution in [3.05, 3.63) is 187 Å². The number of aliphatic hydroxyl groups is 2. The third kappa shape index (κ3) is 17.1. The molecule has 0 saturated heterocycles. The van der Waals surface area contributed by atoms with Gasteiger partial charge in [0.25, 0.3) is 11.8 Å². The van der Waals surface area contributed by atoms with E-state index in [-0.39, 0.29) is 49.0 Å². The monoisotopic (exact) mass is 1100 g/mol. The van der Waals surface area contributed by atoms with E-state index in [1.165, 1.54) is 11.8 Å². The smallest absolute Gasteiger partial charge is 0.322 e. The molecule has 7 rings (SSSR count). The van der Waals surface area contributed by atoms with Crippen LogP contribution in [0.15, 0.2) is 128 Å². The zero-order valence-electron chi connectivity index (χ0n) is 42.4. The minimum atomic E-state index is -0.913. The Morgan fingerprint density at radius 2 is 1.09 bits per heavy atom. The standard InChI is InChI=1S/C30H34Cl2N4O3.C27H30Cl2N4O3/c1-3-19(2)36(18-28(37)22-8-11-25(31)26(32)16-22)30(39)35-24-9-4-20(5-10-24)12-14-34-29(38)23-7-6-21-13-15-33-27(21)17-23;1-3-18(2)33(17-25(34)20-8-11-23(28)24(29)15-20)27(36)32-22-9-6-19(7-10-22)12-14-31-26(35)21-5-4-13-30-16-21/h4-11,16-17,19,28,33,37H,3,12-15,18H2,1-2H3,(H,34,38)(H,35,39);4-11,13,15-16,18,25,34H,3,12,14,17H2,1-2H3,(H,31,35)(H,32,36)/t19-,28-;18-,25-/m11/s1. The van der Waals surface area contributed by atoms with E-state index in [1.54, 1.807) is 64.5 Å². The summed E-state index contributed by atoms with van der Waals surface area (Å²) in [5, 5.41) is 38.0. The number of amides is 6. The van der Waals surface area contributed by atoms with Crippen molar-refractivity contribution in [2.75, 3.05) is 48.7 Å². The number of hydrogen-bond acceptors (Lipinski definition) is 8. The average molecular weight is 1100 g/mol. The molecule has 18 heteroatoms. The molecule has 14 nitrogen and oxygen atoms in total. The zero-order chi connectivity index (χ0) is 54.0. The van der Waals surface area contributed by atoms with Gasteiger partial charge in [-0.05, 0) is 147 Å². The maximum absolute atomic E-state index is 13.1. The summed E-state index contributed by atoms with van der Waals surface area (Å²) in [6.07, 6.45) is 5.08. The highest BCUT2D eigenvalue weighted by atomic mass is 35.5. The number of pyridine rings is 1. The number of hydrogen-bond donors (Lipinski definition) is 7. The molecule has 396 valence electrons. The number of carbonyl (C=O) groups excluding carboxylic acids is 4. The number of urea groups is 2. The van der Waals surface area contributed by atoms with Crippen LogP contribution in [-0.2, 0) is 19.3 Å². The summed E-state index contributed by atoms with van der Waals surface area (Å²) in [5.41, 5.74) is 7.98.